The van der Waals surface area contributed by atoms with Gasteiger partial charge in [0.05, 0.1) is 56.4 Å². The van der Waals surface area contributed by atoms with Crippen molar-refractivity contribution >= 4 is 28.6 Å². The zero-order valence-electron chi connectivity index (χ0n) is 23.0. The van der Waals surface area contributed by atoms with Crippen LogP contribution in [0.15, 0.2) is 31.0 Å². The van der Waals surface area contributed by atoms with Gasteiger partial charge >= 0.3 is 0 Å². The fraction of sp³-hybridized carbons (Fsp3) is 0.429. The third kappa shape index (κ3) is 5.72. The van der Waals surface area contributed by atoms with Crippen LogP contribution in [0, 0.1) is 11.6 Å². The lowest BCUT2D eigenvalue weighted by molar-refractivity contribution is -0.117. The van der Waals surface area contributed by atoms with Gasteiger partial charge in [-0.15, -0.1) is 0 Å². The van der Waals surface area contributed by atoms with Crippen molar-refractivity contribution in [2.24, 2.45) is 0 Å². The van der Waals surface area contributed by atoms with E-state index >= 15 is 8.78 Å². The molecule has 0 radical (unpaired) electrons. The minimum Gasteiger partial charge on any atom is -0.494 e. The van der Waals surface area contributed by atoms with Crippen LogP contribution in [0.5, 0.6) is 11.5 Å². The number of carbonyl (C=O) groups is 1. The highest BCUT2D eigenvalue weighted by Gasteiger charge is 2.32. The maximum absolute atomic E-state index is 15.5. The fourth-order valence-corrected chi connectivity index (χ4v) is 5.00. The Labute approximate surface area is 235 Å². The van der Waals surface area contributed by atoms with Crippen LogP contribution >= 0.6 is 0 Å². The Morgan fingerprint density at radius 2 is 1.80 bits per heavy atom. The predicted molar refractivity (Wildman–Crippen MR) is 148 cm³/mol. The molecule has 3 N–H and O–H groups in total. The molecule has 3 aromatic rings. The van der Waals surface area contributed by atoms with Crippen molar-refractivity contribution in [3.05, 3.63) is 42.6 Å². The molecule has 2 aliphatic heterocycles. The number of anilines is 2. The van der Waals surface area contributed by atoms with Gasteiger partial charge in [-0.2, -0.15) is 0 Å². The van der Waals surface area contributed by atoms with E-state index in [2.05, 4.69) is 22.2 Å². The summed E-state index contributed by atoms with van der Waals surface area (Å²) in [7, 11) is 2.56. The van der Waals surface area contributed by atoms with E-state index in [-0.39, 0.29) is 41.1 Å². The number of ether oxygens (including phenoxy) is 3. The van der Waals surface area contributed by atoms with Crippen molar-refractivity contribution in [2.45, 2.75) is 37.5 Å². The van der Waals surface area contributed by atoms with Gasteiger partial charge in [0.15, 0.2) is 29.0 Å². The number of pyridine rings is 1. The molecular formula is C28H32F2N6O5. The molecular weight excluding hydrogens is 538 g/mol. The predicted octanol–water partition coefficient (Wildman–Crippen LogP) is 2.82. The van der Waals surface area contributed by atoms with Crippen molar-refractivity contribution in [3.8, 4) is 22.8 Å². The van der Waals surface area contributed by atoms with Crippen LogP contribution in [0.2, 0.25) is 0 Å². The van der Waals surface area contributed by atoms with E-state index in [1.807, 2.05) is 4.90 Å². The number of methoxy groups -OCH3 is 2. The van der Waals surface area contributed by atoms with Crippen LogP contribution in [0.1, 0.15) is 19.8 Å². The highest BCUT2D eigenvalue weighted by atomic mass is 19.1. The van der Waals surface area contributed by atoms with Gasteiger partial charge in [0.25, 0.3) is 0 Å². The molecule has 2 atom stereocenters. The third-order valence-electron chi connectivity index (χ3n) is 7.43. The lowest BCUT2D eigenvalue weighted by Crippen LogP contribution is -2.45. The second-order valence-corrected chi connectivity index (χ2v) is 10.3. The van der Waals surface area contributed by atoms with E-state index in [0.29, 0.717) is 55.9 Å². The van der Waals surface area contributed by atoms with Gasteiger partial charge < -0.3 is 34.9 Å². The number of rotatable bonds is 8. The molecule has 4 heterocycles. The summed E-state index contributed by atoms with van der Waals surface area (Å²) < 4.78 is 46.7. The van der Waals surface area contributed by atoms with Gasteiger partial charge in [-0.3, -0.25) is 4.79 Å². The number of fused-ring (bicyclic) bond motifs is 1. The summed E-state index contributed by atoms with van der Waals surface area (Å²) in [6, 6.07) is 2.03. The van der Waals surface area contributed by atoms with E-state index in [0.717, 1.165) is 6.07 Å². The second-order valence-electron chi connectivity index (χ2n) is 10.3. The lowest BCUT2D eigenvalue weighted by Gasteiger charge is -2.36. The zero-order valence-corrected chi connectivity index (χ0v) is 23.0. The first kappa shape index (κ1) is 28.4. The Hall–Kier alpha value is -4.10. The molecule has 41 heavy (non-hydrogen) atoms. The highest BCUT2D eigenvalue weighted by Crippen LogP contribution is 2.39. The monoisotopic (exact) mass is 570 g/mol. The first-order valence-corrected chi connectivity index (χ1v) is 13.2. The quantitative estimate of drug-likeness (QED) is 0.348. The van der Waals surface area contributed by atoms with Crippen LogP contribution in [-0.4, -0.2) is 84.2 Å². The average molecular weight is 571 g/mol. The summed E-state index contributed by atoms with van der Waals surface area (Å²) in [5.41, 5.74) is -0.775. The van der Waals surface area contributed by atoms with Crippen molar-refractivity contribution in [1.29, 1.82) is 0 Å². The van der Waals surface area contributed by atoms with Gasteiger partial charge in [0.2, 0.25) is 11.9 Å². The molecule has 5 rings (SSSR count). The van der Waals surface area contributed by atoms with Gasteiger partial charge in [-0.05, 0) is 31.9 Å². The molecule has 1 amide bonds. The molecule has 0 bridgehead atoms. The molecule has 2 fully saturated rings. The maximum Gasteiger partial charge on any atom is 0.243 e. The number of benzene rings is 1. The van der Waals surface area contributed by atoms with Crippen molar-refractivity contribution in [2.75, 3.05) is 50.7 Å². The van der Waals surface area contributed by atoms with Crippen LogP contribution in [0.25, 0.3) is 22.2 Å². The van der Waals surface area contributed by atoms with Gasteiger partial charge in [0.1, 0.15) is 5.52 Å². The Kier molecular flexibility index (Phi) is 7.91. The summed E-state index contributed by atoms with van der Waals surface area (Å²) >= 11 is 0. The molecule has 0 spiro atoms. The molecule has 2 aliphatic rings. The van der Waals surface area contributed by atoms with Crippen LogP contribution in [0.3, 0.4) is 0 Å². The standard InChI is InChI=1S/C28H32F2N6O5/c1-5-21(37)32-17-13-41-14-18(17)34-27-31-12-15-10-16(22-23(29)19(39-3)11-20(40-4)24(22)30)33-26(25(15)35-27)36-8-6-28(2,38)7-9-36/h5,10-12,17-18,38H,1,6-9,13-14H2,2-4H3,(H,32,37)(H,31,34,35)/t17-,18?/m0/s1. The Morgan fingerprint density at radius 1 is 1.15 bits per heavy atom. The van der Waals surface area contributed by atoms with Crippen molar-refractivity contribution in [1.82, 2.24) is 20.3 Å². The summed E-state index contributed by atoms with van der Waals surface area (Å²) in [5, 5.41) is 17.1. The molecule has 2 aromatic heterocycles. The van der Waals surface area contributed by atoms with Crippen molar-refractivity contribution in [3.63, 3.8) is 0 Å². The first-order valence-electron chi connectivity index (χ1n) is 13.2. The van der Waals surface area contributed by atoms with Crippen LogP contribution < -0.4 is 25.0 Å². The third-order valence-corrected chi connectivity index (χ3v) is 7.43. The summed E-state index contributed by atoms with van der Waals surface area (Å²) in [6.07, 6.45) is 3.67. The molecule has 2 saturated heterocycles. The average Bonchev–Trinajstić information content (AvgIpc) is 3.39. The maximum atomic E-state index is 15.5. The number of aromatic nitrogens is 3. The number of hydrogen-bond acceptors (Lipinski definition) is 10. The number of carbonyl (C=O) groups excluding carboxylic acids is 1. The second kappa shape index (κ2) is 11.4. The first-order chi connectivity index (χ1) is 19.6. The molecule has 218 valence electrons. The van der Waals surface area contributed by atoms with Gasteiger partial charge in [0, 0.05) is 30.7 Å². The number of nitrogens with zero attached hydrogens (tertiary/aromatic N) is 4. The van der Waals surface area contributed by atoms with E-state index in [9.17, 15) is 9.90 Å². The largest absolute Gasteiger partial charge is 0.494 e. The summed E-state index contributed by atoms with van der Waals surface area (Å²) in [5.74, 6) is -1.88. The van der Waals surface area contributed by atoms with Crippen LogP contribution in [0.4, 0.5) is 20.5 Å². The molecule has 13 heteroatoms. The smallest absolute Gasteiger partial charge is 0.243 e. The SMILES string of the molecule is C=CC(=O)N[C@H]1COCC1Nc1ncc2cc(-c3c(F)c(OC)cc(OC)c3F)nc(N3CCC(C)(O)CC3)c2n1. The minimum atomic E-state index is -0.918. The topological polar surface area (TPSA) is 131 Å². The molecule has 11 nitrogen and oxygen atoms in total. The minimum absolute atomic E-state index is 0.0118. The lowest BCUT2D eigenvalue weighted by atomic mass is 9.94. The van der Waals surface area contributed by atoms with E-state index < -0.39 is 22.8 Å². The Balaban J connectivity index is 1.59. The molecule has 1 aromatic carbocycles. The highest BCUT2D eigenvalue weighted by molar-refractivity contribution is 5.92. The number of piperidine rings is 1. The number of halogens is 2. The summed E-state index contributed by atoms with van der Waals surface area (Å²) in [4.78, 5) is 27.6. The summed E-state index contributed by atoms with van der Waals surface area (Å²) in [6.45, 7) is 6.79. The van der Waals surface area contributed by atoms with E-state index in [1.54, 1.807) is 13.1 Å². The van der Waals surface area contributed by atoms with E-state index in [1.165, 1.54) is 26.4 Å². The fourth-order valence-electron chi connectivity index (χ4n) is 5.00. The number of hydrogen-bond donors (Lipinski definition) is 3. The van der Waals surface area contributed by atoms with Gasteiger partial charge in [-0.25, -0.2) is 23.7 Å². The van der Waals surface area contributed by atoms with Crippen molar-refractivity contribution < 1.29 is 32.9 Å². The Bertz CT molecular complexity index is 1450. The van der Waals surface area contributed by atoms with E-state index in [4.69, 9.17) is 24.2 Å². The Morgan fingerprint density at radius 3 is 2.44 bits per heavy atom. The molecule has 0 saturated carbocycles. The number of nitrogens with one attached hydrogen (secondary N) is 2. The molecule has 1 unspecified atom stereocenters. The zero-order chi connectivity index (χ0) is 29.3. The van der Waals surface area contributed by atoms with Crippen LogP contribution in [-0.2, 0) is 9.53 Å². The molecule has 0 aliphatic carbocycles. The number of aliphatic hydroxyl groups is 1. The number of amides is 1. The van der Waals surface area contributed by atoms with Gasteiger partial charge in [-0.1, -0.05) is 6.58 Å². The normalized spacial score (nSPS) is 20.1.